The maximum Gasteiger partial charge on any atom is 0.410 e. The van der Waals surface area contributed by atoms with E-state index in [1.165, 1.54) is 11.3 Å². The maximum absolute atomic E-state index is 11.6. The maximum atomic E-state index is 11.6. The van der Waals surface area contributed by atoms with E-state index in [4.69, 9.17) is 4.74 Å². The fourth-order valence-electron chi connectivity index (χ4n) is 0.999. The fourth-order valence-corrected chi connectivity index (χ4v) is 1.52. The minimum atomic E-state index is -0.450. The summed E-state index contributed by atoms with van der Waals surface area (Å²) in [5.41, 5.74) is 1.23. The molecule has 0 aliphatic carbocycles. The molecule has 1 rings (SSSR count). The molecular weight excluding hydrogens is 226 g/mol. The second kappa shape index (κ2) is 5.25. The third kappa shape index (κ3) is 4.57. The molecule has 0 aliphatic heterocycles. The lowest BCUT2D eigenvalue weighted by atomic mass is 10.2. The fraction of sp³-hybridized carbons (Fsp3) is 0.700. The lowest BCUT2D eigenvalue weighted by Gasteiger charge is -2.24. The number of likely N-dealkylation sites (N-methyl/N-ethyl adjacent to an activating group) is 1. The van der Waals surface area contributed by atoms with E-state index in [-0.39, 0.29) is 6.09 Å². The Morgan fingerprint density at radius 1 is 1.56 bits per heavy atom. The van der Waals surface area contributed by atoms with Crippen LogP contribution in [0.25, 0.3) is 0 Å². The summed E-state index contributed by atoms with van der Waals surface area (Å²) in [7, 11) is 1.72. The number of aromatic nitrogens is 2. The zero-order valence-corrected chi connectivity index (χ0v) is 10.9. The first kappa shape index (κ1) is 12.9. The molecule has 1 aromatic rings. The number of ether oxygens (including phenoxy) is 1. The third-order valence-corrected chi connectivity index (χ3v) is 2.53. The molecule has 1 heterocycles. The highest BCUT2D eigenvalue weighted by Crippen LogP contribution is 2.10. The lowest BCUT2D eigenvalue weighted by Crippen LogP contribution is -2.35. The average molecular weight is 243 g/mol. The van der Waals surface area contributed by atoms with Gasteiger partial charge in [-0.1, -0.05) is 0 Å². The molecule has 0 aromatic carbocycles. The highest BCUT2D eigenvalue weighted by Gasteiger charge is 2.19. The topological polar surface area (TPSA) is 55.3 Å². The third-order valence-electron chi connectivity index (χ3n) is 1.77. The van der Waals surface area contributed by atoms with Gasteiger partial charge in [-0.2, -0.15) is 0 Å². The zero-order valence-electron chi connectivity index (χ0n) is 10.1. The molecule has 0 N–H and O–H groups in total. The number of rotatable bonds is 3. The Balaban J connectivity index is 2.35. The Kier molecular flexibility index (Phi) is 4.23. The van der Waals surface area contributed by atoms with Gasteiger partial charge in [-0.15, -0.1) is 21.5 Å². The van der Waals surface area contributed by atoms with Crippen molar-refractivity contribution in [2.24, 2.45) is 0 Å². The highest BCUT2D eigenvalue weighted by atomic mass is 32.1. The molecule has 16 heavy (non-hydrogen) atoms. The van der Waals surface area contributed by atoms with Crippen LogP contribution < -0.4 is 0 Å². The predicted molar refractivity (Wildman–Crippen MR) is 62.5 cm³/mol. The molecule has 0 unspecified atom stereocenters. The standard InChI is InChI=1S/C10H17N3O2S/c1-10(2,3)15-9(14)13(4)6-5-8-12-11-7-16-8/h7H,5-6H2,1-4H3. The highest BCUT2D eigenvalue weighted by molar-refractivity contribution is 7.09. The van der Waals surface area contributed by atoms with Crippen molar-refractivity contribution in [3.63, 3.8) is 0 Å². The van der Waals surface area contributed by atoms with Crippen LogP contribution >= 0.6 is 11.3 Å². The van der Waals surface area contributed by atoms with Crippen LogP contribution in [-0.4, -0.2) is 40.4 Å². The molecule has 0 bridgehead atoms. The van der Waals surface area contributed by atoms with Gasteiger partial charge in [-0.3, -0.25) is 0 Å². The first-order valence-corrected chi connectivity index (χ1v) is 5.95. The molecule has 6 heteroatoms. The summed E-state index contributed by atoms with van der Waals surface area (Å²) in [6.07, 6.45) is 0.400. The Morgan fingerprint density at radius 2 is 2.25 bits per heavy atom. The second-order valence-corrected chi connectivity index (χ2v) is 5.40. The van der Waals surface area contributed by atoms with Crippen molar-refractivity contribution in [2.45, 2.75) is 32.8 Å². The van der Waals surface area contributed by atoms with E-state index < -0.39 is 5.60 Å². The average Bonchev–Trinajstić information content (AvgIpc) is 2.63. The van der Waals surface area contributed by atoms with E-state index in [0.29, 0.717) is 13.0 Å². The number of amides is 1. The van der Waals surface area contributed by atoms with Gasteiger partial charge in [0, 0.05) is 20.0 Å². The minimum absolute atomic E-state index is 0.308. The molecule has 90 valence electrons. The first-order chi connectivity index (χ1) is 7.38. The molecule has 0 saturated carbocycles. The summed E-state index contributed by atoms with van der Waals surface area (Å²) in [4.78, 5) is 13.1. The smallest absolute Gasteiger partial charge is 0.410 e. The van der Waals surface area contributed by atoms with Gasteiger partial charge >= 0.3 is 6.09 Å². The molecule has 0 atom stereocenters. The van der Waals surface area contributed by atoms with Crippen LogP contribution in [0.5, 0.6) is 0 Å². The van der Waals surface area contributed by atoms with Gasteiger partial charge in [0.2, 0.25) is 0 Å². The molecule has 0 fully saturated rings. The first-order valence-electron chi connectivity index (χ1n) is 5.07. The Morgan fingerprint density at radius 3 is 2.75 bits per heavy atom. The summed E-state index contributed by atoms with van der Waals surface area (Å²) < 4.78 is 5.22. The van der Waals surface area contributed by atoms with Crippen LogP contribution in [0.3, 0.4) is 0 Å². The normalized spacial score (nSPS) is 11.2. The molecule has 5 nitrogen and oxygen atoms in total. The molecule has 0 spiro atoms. The van der Waals surface area contributed by atoms with Crippen molar-refractivity contribution in [3.8, 4) is 0 Å². The van der Waals surface area contributed by atoms with Crippen molar-refractivity contribution in [1.82, 2.24) is 15.1 Å². The van der Waals surface area contributed by atoms with Crippen LogP contribution in [0.2, 0.25) is 0 Å². The van der Waals surface area contributed by atoms with Crippen molar-refractivity contribution in [2.75, 3.05) is 13.6 Å². The SMILES string of the molecule is CN(CCc1nncs1)C(=O)OC(C)(C)C. The van der Waals surface area contributed by atoms with E-state index in [2.05, 4.69) is 10.2 Å². The van der Waals surface area contributed by atoms with Gasteiger partial charge in [0.25, 0.3) is 0 Å². The number of nitrogens with zero attached hydrogens (tertiary/aromatic N) is 3. The van der Waals surface area contributed by atoms with E-state index in [0.717, 1.165) is 5.01 Å². The van der Waals surface area contributed by atoms with Gasteiger partial charge in [-0.25, -0.2) is 4.79 Å². The molecular formula is C10H17N3O2S. The second-order valence-electron chi connectivity index (χ2n) is 4.48. The van der Waals surface area contributed by atoms with Gasteiger partial charge in [0.15, 0.2) is 0 Å². The van der Waals surface area contributed by atoms with Crippen LogP contribution in [0.1, 0.15) is 25.8 Å². The van der Waals surface area contributed by atoms with Crippen molar-refractivity contribution in [1.29, 1.82) is 0 Å². The minimum Gasteiger partial charge on any atom is -0.444 e. The number of carbonyl (C=O) groups is 1. The van der Waals surface area contributed by atoms with E-state index in [9.17, 15) is 4.79 Å². The summed E-state index contributed by atoms with van der Waals surface area (Å²) in [5.74, 6) is 0. The van der Waals surface area contributed by atoms with Gasteiger partial charge < -0.3 is 9.64 Å². The number of carbonyl (C=O) groups excluding carboxylic acids is 1. The Hall–Kier alpha value is -1.17. The summed E-state index contributed by atoms with van der Waals surface area (Å²) >= 11 is 1.49. The van der Waals surface area contributed by atoms with Gasteiger partial charge in [0.05, 0.1) is 0 Å². The zero-order chi connectivity index (χ0) is 12.2. The molecule has 0 aliphatic rings. The Bertz CT molecular complexity index is 332. The summed E-state index contributed by atoms with van der Waals surface area (Å²) in [6, 6.07) is 0. The molecule has 1 aromatic heterocycles. The van der Waals surface area contributed by atoms with Crippen molar-refractivity contribution in [3.05, 3.63) is 10.5 Å². The van der Waals surface area contributed by atoms with Crippen LogP contribution in [-0.2, 0) is 11.2 Å². The number of hydrogen-bond acceptors (Lipinski definition) is 5. The molecule has 1 amide bonds. The quantitative estimate of drug-likeness (QED) is 0.814. The molecule has 0 saturated heterocycles. The van der Waals surface area contributed by atoms with Crippen molar-refractivity contribution >= 4 is 17.4 Å². The van der Waals surface area contributed by atoms with Crippen LogP contribution in [0, 0.1) is 0 Å². The van der Waals surface area contributed by atoms with Crippen molar-refractivity contribution < 1.29 is 9.53 Å². The van der Waals surface area contributed by atoms with Gasteiger partial charge in [-0.05, 0) is 20.8 Å². The number of hydrogen-bond donors (Lipinski definition) is 0. The van der Waals surface area contributed by atoms with E-state index in [1.807, 2.05) is 20.8 Å². The predicted octanol–water partition coefficient (Wildman–Crippen LogP) is 1.95. The monoisotopic (exact) mass is 243 g/mol. The van der Waals surface area contributed by atoms with E-state index in [1.54, 1.807) is 17.5 Å². The van der Waals surface area contributed by atoms with Gasteiger partial charge in [0.1, 0.15) is 16.1 Å². The summed E-state index contributed by atoms with van der Waals surface area (Å²) in [6.45, 7) is 6.14. The summed E-state index contributed by atoms with van der Waals surface area (Å²) in [5, 5.41) is 8.58. The Labute approximate surface area is 99.4 Å². The van der Waals surface area contributed by atoms with Crippen LogP contribution in [0.15, 0.2) is 5.51 Å². The molecule has 0 radical (unpaired) electrons. The largest absolute Gasteiger partial charge is 0.444 e. The lowest BCUT2D eigenvalue weighted by molar-refractivity contribution is 0.0300. The van der Waals surface area contributed by atoms with E-state index >= 15 is 0 Å². The van der Waals surface area contributed by atoms with Crippen LogP contribution in [0.4, 0.5) is 4.79 Å².